The van der Waals surface area contributed by atoms with E-state index in [1.165, 1.54) is 66.6 Å². The van der Waals surface area contributed by atoms with Crippen LogP contribution in [0.1, 0.15) is 126 Å². The normalized spacial score (nSPS) is 13.3. The second-order valence-electron chi connectivity index (χ2n) is 10.9. The van der Waals surface area contributed by atoms with Crippen LogP contribution in [-0.2, 0) is 46.7 Å². The van der Waals surface area contributed by atoms with Crippen molar-refractivity contribution < 1.29 is 21.1 Å². The second-order valence-corrected chi connectivity index (χ2v) is 10.9. The molecule has 0 spiro atoms. The van der Waals surface area contributed by atoms with E-state index in [0.717, 1.165) is 74.1 Å². The molecule has 2 aliphatic rings. The molecule has 8 bridgehead atoms. The van der Waals surface area contributed by atoms with Gasteiger partial charge in [-0.05, 0) is 120 Å². The fourth-order valence-corrected chi connectivity index (χ4v) is 7.10. The third-order valence-corrected chi connectivity index (χ3v) is 8.97. The van der Waals surface area contributed by atoms with Crippen LogP contribution in [0.15, 0.2) is 24.3 Å². The predicted molar refractivity (Wildman–Crippen MR) is 173 cm³/mol. The van der Waals surface area contributed by atoms with E-state index in [4.69, 9.17) is 9.97 Å². The topological polar surface area (TPSA) is 57.4 Å². The fraction of sp³-hybridized carbons (Fsp3) is 0.444. The molecule has 0 radical (unpaired) electrons. The molecule has 4 nitrogen and oxygen atoms in total. The van der Waals surface area contributed by atoms with Crippen molar-refractivity contribution in [1.29, 1.82) is 0 Å². The van der Waals surface area contributed by atoms with Crippen LogP contribution in [-0.4, -0.2) is 19.9 Å². The van der Waals surface area contributed by atoms with Crippen molar-refractivity contribution in [2.24, 2.45) is 0 Å². The Hall–Kier alpha value is -2.71. The zero-order valence-corrected chi connectivity index (χ0v) is 28.4. The summed E-state index contributed by atoms with van der Waals surface area (Å²) in [5, 5.41) is 0. The van der Waals surface area contributed by atoms with Crippen molar-refractivity contribution >= 4 is 44.4 Å². The predicted octanol–water partition coefficient (Wildman–Crippen LogP) is 10.0. The molecule has 2 aliphatic heterocycles. The van der Waals surface area contributed by atoms with E-state index in [-0.39, 0.29) is 21.1 Å². The van der Waals surface area contributed by atoms with Crippen molar-refractivity contribution in [1.82, 2.24) is 19.9 Å². The van der Waals surface area contributed by atoms with E-state index in [2.05, 4.69) is 89.6 Å². The molecule has 0 aromatic carbocycles. The Morgan fingerprint density at radius 3 is 0.927 bits per heavy atom. The number of aryl methyl sites for hydroxylation is 4. The number of nitrogens with one attached hydrogen (secondary N) is 2. The van der Waals surface area contributed by atoms with Crippen LogP contribution in [0.4, 0.5) is 0 Å². The number of hydrogen-bond donors (Lipinski definition) is 2. The van der Waals surface area contributed by atoms with Gasteiger partial charge in [0.05, 0.1) is 22.8 Å². The van der Waals surface area contributed by atoms with Crippen molar-refractivity contribution in [3.8, 4) is 0 Å². The second kappa shape index (κ2) is 13.1. The fourth-order valence-electron chi connectivity index (χ4n) is 7.10. The first-order valence-corrected chi connectivity index (χ1v) is 15.7. The molecule has 0 saturated carbocycles. The molecule has 0 unspecified atom stereocenters. The minimum absolute atomic E-state index is 0. The average Bonchev–Trinajstić information content (AvgIpc) is 3.67. The van der Waals surface area contributed by atoms with Crippen LogP contribution in [0.25, 0.3) is 44.4 Å². The van der Waals surface area contributed by atoms with Crippen molar-refractivity contribution in [2.45, 2.75) is 107 Å². The maximum atomic E-state index is 5.28. The summed E-state index contributed by atoms with van der Waals surface area (Å²) in [4.78, 5) is 18.2. The Labute approximate surface area is 260 Å². The summed E-state index contributed by atoms with van der Waals surface area (Å²) in [5.74, 6) is 0. The van der Waals surface area contributed by atoms with E-state index >= 15 is 0 Å². The molecular weight excluding hydrogens is 684 g/mol. The summed E-state index contributed by atoms with van der Waals surface area (Å²) >= 11 is 0. The SMILES string of the molecule is CCC1=C(CC)c2cc3[nH]c(cc4[nH]c(cc5nc(cc1n2)C(CC)=C5CC)c(CC)c4CC)c(CC)c3CC.[Pt+2]. The van der Waals surface area contributed by atoms with Gasteiger partial charge < -0.3 is 9.97 Å². The van der Waals surface area contributed by atoms with Gasteiger partial charge in [0.25, 0.3) is 0 Å². The molecule has 0 amide bonds. The van der Waals surface area contributed by atoms with Gasteiger partial charge in [0, 0.05) is 22.1 Å². The number of H-pyrrole nitrogens is 2. The molecule has 0 saturated heterocycles. The first-order valence-electron chi connectivity index (χ1n) is 15.7. The molecule has 0 fully saturated rings. The van der Waals surface area contributed by atoms with Crippen LogP contribution >= 0.6 is 0 Å². The van der Waals surface area contributed by atoms with Crippen LogP contribution in [0.2, 0.25) is 0 Å². The Kier molecular flexibility index (Phi) is 9.96. The Morgan fingerprint density at radius 2 is 0.659 bits per heavy atom. The molecule has 3 aromatic heterocycles. The Morgan fingerprint density at radius 1 is 0.390 bits per heavy atom. The maximum Gasteiger partial charge on any atom is 2.00 e. The molecule has 2 N–H and O–H groups in total. The van der Waals surface area contributed by atoms with Crippen LogP contribution in [0.3, 0.4) is 0 Å². The molecule has 5 rings (SSSR count). The van der Waals surface area contributed by atoms with E-state index in [9.17, 15) is 0 Å². The average molecular weight is 730 g/mol. The molecule has 218 valence electrons. The minimum Gasteiger partial charge on any atom is -0.355 e. The van der Waals surface area contributed by atoms with Gasteiger partial charge in [0.15, 0.2) is 0 Å². The van der Waals surface area contributed by atoms with E-state index in [1.54, 1.807) is 0 Å². The first-order chi connectivity index (χ1) is 19.5. The zero-order valence-electron chi connectivity index (χ0n) is 26.2. The third kappa shape index (κ3) is 5.34. The Bertz CT molecular complexity index is 1560. The molecule has 0 aliphatic carbocycles. The minimum atomic E-state index is 0. The number of aromatic amines is 2. The van der Waals surface area contributed by atoms with Crippen molar-refractivity contribution in [2.75, 3.05) is 0 Å². The summed E-state index contributed by atoms with van der Waals surface area (Å²) in [6.07, 6.45) is 7.84. The molecule has 5 heteroatoms. The van der Waals surface area contributed by atoms with Gasteiger partial charge in [-0.2, -0.15) is 0 Å². The molecule has 5 heterocycles. The standard InChI is InChI=1S/C36H46N4.Pt/c1-9-21-22(10-2)30-18-32-25(13-5)26(14-6)34(39-32)20-36-28(16-8)27(15-7)35(40-36)19-33-24(12-4)23(11-3)31(38-33)17-29(21)37-30;/h17-20,37-38H,9-16H2,1-8H3;/q;+2. The van der Waals surface area contributed by atoms with Crippen LogP contribution in [0, 0.1) is 0 Å². The monoisotopic (exact) mass is 729 g/mol. The van der Waals surface area contributed by atoms with E-state index < -0.39 is 0 Å². The number of allylic oxidation sites excluding steroid dienone is 4. The van der Waals surface area contributed by atoms with Crippen molar-refractivity contribution in [3.05, 3.63) is 69.3 Å². The summed E-state index contributed by atoms with van der Waals surface area (Å²) in [6, 6.07) is 9.24. The molecule has 3 aromatic rings. The molecular formula is C36H46N4Pt+2. The summed E-state index contributed by atoms with van der Waals surface area (Å²) in [7, 11) is 0. The quantitative estimate of drug-likeness (QED) is 0.243. The number of nitrogens with zero attached hydrogens (tertiary/aromatic N) is 2. The van der Waals surface area contributed by atoms with Crippen LogP contribution < -0.4 is 0 Å². The summed E-state index contributed by atoms with van der Waals surface area (Å²) < 4.78 is 0. The summed E-state index contributed by atoms with van der Waals surface area (Å²) in [5.41, 5.74) is 20.2. The van der Waals surface area contributed by atoms with Gasteiger partial charge in [0.1, 0.15) is 0 Å². The summed E-state index contributed by atoms with van der Waals surface area (Å²) in [6.45, 7) is 18.1. The van der Waals surface area contributed by atoms with E-state index in [0.29, 0.717) is 0 Å². The van der Waals surface area contributed by atoms with Gasteiger partial charge in [0.2, 0.25) is 0 Å². The number of fused-ring (bicyclic) bond motifs is 8. The van der Waals surface area contributed by atoms with Gasteiger partial charge >= 0.3 is 21.1 Å². The smallest absolute Gasteiger partial charge is 0.355 e. The number of aromatic nitrogens is 4. The largest absolute Gasteiger partial charge is 2.00 e. The van der Waals surface area contributed by atoms with Gasteiger partial charge in [-0.3, -0.25) is 0 Å². The maximum absolute atomic E-state index is 5.28. The molecule has 41 heavy (non-hydrogen) atoms. The van der Waals surface area contributed by atoms with Gasteiger partial charge in [-0.1, -0.05) is 55.4 Å². The molecule has 0 atom stereocenters. The number of rotatable bonds is 8. The first kappa shape index (κ1) is 31.2. The van der Waals surface area contributed by atoms with Gasteiger partial charge in [-0.25, -0.2) is 9.97 Å². The number of hydrogen-bond acceptors (Lipinski definition) is 2. The zero-order chi connectivity index (χ0) is 28.6. The van der Waals surface area contributed by atoms with Gasteiger partial charge in [-0.15, -0.1) is 0 Å². The van der Waals surface area contributed by atoms with Crippen molar-refractivity contribution in [3.63, 3.8) is 0 Å². The van der Waals surface area contributed by atoms with Crippen LogP contribution in [0.5, 0.6) is 0 Å². The Balaban J connectivity index is 0.00000387. The van der Waals surface area contributed by atoms with E-state index in [1.807, 2.05) is 0 Å². The third-order valence-electron chi connectivity index (χ3n) is 8.97.